The van der Waals surface area contributed by atoms with Crippen LogP contribution in [0.2, 0.25) is 0 Å². The fourth-order valence-corrected chi connectivity index (χ4v) is 8.08. The summed E-state index contributed by atoms with van der Waals surface area (Å²) < 4.78 is 5.28. The molecule has 1 aliphatic heterocycles. The molecule has 0 saturated carbocycles. The zero-order valence-electron chi connectivity index (χ0n) is 22.5. The summed E-state index contributed by atoms with van der Waals surface area (Å²) in [7, 11) is 6.76. The van der Waals surface area contributed by atoms with E-state index < -0.39 is 0 Å². The highest BCUT2D eigenvalue weighted by Crippen LogP contribution is 2.39. The molecule has 0 bridgehead atoms. The van der Waals surface area contributed by atoms with Gasteiger partial charge < -0.3 is 20.5 Å². The molecular weight excluding hydrogens is 573 g/mol. The molecule has 2 heterocycles. The van der Waals surface area contributed by atoms with Gasteiger partial charge in [-0.05, 0) is 37.7 Å². The van der Waals surface area contributed by atoms with Crippen LogP contribution >= 0.6 is 43.2 Å². The number of hydrogen-bond donors (Lipinski definition) is 2. The molecule has 0 spiro atoms. The van der Waals surface area contributed by atoms with Crippen molar-refractivity contribution in [2.45, 2.75) is 51.5 Å². The van der Waals surface area contributed by atoms with Gasteiger partial charge in [0.15, 0.2) is 0 Å². The van der Waals surface area contributed by atoms with E-state index >= 15 is 0 Å². The van der Waals surface area contributed by atoms with Gasteiger partial charge in [-0.1, -0.05) is 80.1 Å². The lowest BCUT2D eigenvalue weighted by Crippen LogP contribution is -2.21. The number of rotatable bonds is 13. The third kappa shape index (κ3) is 11.9. The number of nitrogens with two attached hydrogens (primary N) is 1. The van der Waals surface area contributed by atoms with Crippen molar-refractivity contribution < 1.29 is 19.4 Å². The second-order valence-electron chi connectivity index (χ2n) is 8.43. The minimum atomic E-state index is -0.0946. The van der Waals surface area contributed by atoms with Gasteiger partial charge in [0.25, 0.3) is 0 Å². The summed E-state index contributed by atoms with van der Waals surface area (Å²) in [4.78, 5) is 33.7. The normalized spacial score (nSPS) is 15.0. The van der Waals surface area contributed by atoms with E-state index in [9.17, 15) is 9.59 Å². The molecule has 3 N–H and O–H groups in total. The summed E-state index contributed by atoms with van der Waals surface area (Å²) in [6.07, 6.45) is 8.29. The number of ether oxygens (including phenoxy) is 1. The van der Waals surface area contributed by atoms with E-state index in [1.165, 1.54) is 0 Å². The highest BCUT2D eigenvalue weighted by atomic mass is 33.1. The van der Waals surface area contributed by atoms with Crippen LogP contribution in [0.4, 0.5) is 5.82 Å². The Morgan fingerprint density at radius 1 is 1.36 bits per heavy atom. The lowest BCUT2D eigenvalue weighted by Gasteiger charge is -2.21. The third-order valence-corrected chi connectivity index (χ3v) is 10.5. The summed E-state index contributed by atoms with van der Waals surface area (Å²) in [5, 5.41) is 9.56. The van der Waals surface area contributed by atoms with Gasteiger partial charge in [-0.15, -0.1) is 0 Å². The van der Waals surface area contributed by atoms with Crippen LogP contribution in [0.3, 0.4) is 0 Å². The molecule has 1 atom stereocenters. The smallest absolute Gasteiger partial charge is 0.307 e. The van der Waals surface area contributed by atoms with Gasteiger partial charge in [0.2, 0.25) is 6.41 Å². The Morgan fingerprint density at radius 3 is 2.67 bits per heavy atom. The molecule has 1 fully saturated rings. The van der Waals surface area contributed by atoms with E-state index in [1.54, 1.807) is 56.5 Å². The number of aromatic nitrogens is 2. The molecule has 1 aromatic carbocycles. The van der Waals surface area contributed by atoms with Gasteiger partial charge in [-0.25, -0.2) is 9.97 Å². The Morgan fingerprint density at radius 2 is 2.10 bits per heavy atom. The first-order chi connectivity index (χ1) is 18.8. The van der Waals surface area contributed by atoms with Crippen molar-refractivity contribution >= 4 is 67.4 Å². The van der Waals surface area contributed by atoms with Gasteiger partial charge in [0.1, 0.15) is 18.2 Å². The topological polar surface area (TPSA) is 119 Å². The monoisotopic (exact) mass is 608 g/mol. The first-order valence-electron chi connectivity index (χ1n) is 12.3. The number of allylic oxidation sites excluding steroid dienone is 1. The number of nitrogens with zero attached hydrogens (tertiary/aromatic N) is 3. The van der Waals surface area contributed by atoms with Crippen molar-refractivity contribution in [2.24, 2.45) is 0 Å². The maximum absolute atomic E-state index is 11.6. The summed E-state index contributed by atoms with van der Waals surface area (Å²) in [6.45, 7) is 8.04. The van der Waals surface area contributed by atoms with Gasteiger partial charge in [0.05, 0.1) is 13.0 Å². The Balaban J connectivity index is 0.000000276. The lowest BCUT2D eigenvalue weighted by atomic mass is 10.1. The summed E-state index contributed by atoms with van der Waals surface area (Å²) in [5.74, 6) is 2.03. The Labute approximate surface area is 246 Å². The van der Waals surface area contributed by atoms with Crippen LogP contribution < -0.4 is 5.73 Å². The van der Waals surface area contributed by atoms with Crippen LogP contribution in [0.5, 0.6) is 0 Å². The van der Waals surface area contributed by atoms with Crippen LogP contribution in [-0.2, 0) is 27.5 Å². The van der Waals surface area contributed by atoms with Crippen molar-refractivity contribution in [2.75, 3.05) is 24.3 Å². The zero-order chi connectivity index (χ0) is 28.6. The van der Waals surface area contributed by atoms with Crippen LogP contribution in [0.15, 0.2) is 47.6 Å². The molecule has 1 aromatic heterocycles. The predicted molar refractivity (Wildman–Crippen MR) is 168 cm³/mol. The van der Waals surface area contributed by atoms with Gasteiger partial charge in [0, 0.05) is 46.4 Å². The first kappa shape index (κ1) is 33.1. The molecule has 2 aromatic rings. The van der Waals surface area contributed by atoms with E-state index in [-0.39, 0.29) is 12.6 Å². The molecule has 1 aliphatic rings. The molecule has 1 unspecified atom stereocenters. The van der Waals surface area contributed by atoms with E-state index in [4.69, 9.17) is 15.6 Å². The van der Waals surface area contributed by atoms with Crippen LogP contribution in [0, 0.1) is 6.92 Å². The van der Waals surface area contributed by atoms with Gasteiger partial charge in [-0.3, -0.25) is 9.59 Å². The average Bonchev–Trinajstić information content (AvgIpc) is 3.45. The van der Waals surface area contributed by atoms with Gasteiger partial charge >= 0.3 is 5.97 Å². The molecule has 1 amide bonds. The number of benzene rings is 1. The number of esters is 1. The molecule has 1 saturated heterocycles. The number of amides is 1. The quantitative estimate of drug-likeness (QED) is 0.161. The van der Waals surface area contributed by atoms with Crippen molar-refractivity contribution in [3.05, 3.63) is 70.2 Å². The molecule has 0 radical (unpaired) electrons. The summed E-state index contributed by atoms with van der Waals surface area (Å²) in [6, 6.07) is 7.87. The second kappa shape index (κ2) is 18.3. The largest absolute Gasteiger partial charge is 0.461 e. The number of nitrogen functional groups attached to an aromatic ring is 1. The number of carbonyl (C=O) groups is 2. The summed E-state index contributed by atoms with van der Waals surface area (Å²) >= 11 is 0. The fraction of sp³-hybridized carbons (Fsp3) is 0.407. The SMILES string of the molecule is C=Cc1ccc(COC(=O)CC2CCSS2)cc1.CSS/C(CCO)=C(/C)N(C=O)Cc1cnc(C)nc1N. The number of anilines is 1. The predicted octanol–water partition coefficient (Wildman–Crippen LogP) is 5.87. The maximum atomic E-state index is 11.6. The fourth-order valence-electron chi connectivity index (χ4n) is 3.36. The first-order valence-corrected chi connectivity index (χ1v) is 17.2. The highest BCUT2D eigenvalue weighted by Gasteiger charge is 2.20. The molecule has 12 heteroatoms. The van der Waals surface area contributed by atoms with Crippen molar-refractivity contribution in [3.63, 3.8) is 0 Å². The number of aryl methyl sites for hydroxylation is 1. The number of aliphatic hydroxyl groups excluding tert-OH is 1. The zero-order valence-corrected chi connectivity index (χ0v) is 25.8. The minimum Gasteiger partial charge on any atom is -0.461 e. The van der Waals surface area contributed by atoms with Gasteiger partial charge in [-0.2, -0.15) is 0 Å². The Hall–Kier alpha value is -2.12. The molecule has 0 aliphatic carbocycles. The van der Waals surface area contributed by atoms with Crippen molar-refractivity contribution in [3.8, 4) is 0 Å². The van der Waals surface area contributed by atoms with E-state index in [0.29, 0.717) is 48.4 Å². The van der Waals surface area contributed by atoms with E-state index in [2.05, 4.69) is 16.5 Å². The highest BCUT2D eigenvalue weighted by molar-refractivity contribution is 8.78. The second-order valence-corrected chi connectivity index (χ2v) is 13.7. The van der Waals surface area contributed by atoms with Crippen LogP contribution in [0.1, 0.15) is 48.7 Å². The lowest BCUT2D eigenvalue weighted by molar-refractivity contribution is -0.144. The molecule has 3 rings (SSSR count). The molecular formula is C27H36N4O4S4. The van der Waals surface area contributed by atoms with E-state index in [0.717, 1.165) is 40.3 Å². The van der Waals surface area contributed by atoms with Crippen molar-refractivity contribution in [1.29, 1.82) is 0 Å². The Bertz CT molecular complexity index is 1100. The molecule has 212 valence electrons. The average molecular weight is 609 g/mol. The van der Waals surface area contributed by atoms with Crippen LogP contribution in [0.25, 0.3) is 6.08 Å². The molecule has 8 nitrogen and oxygen atoms in total. The summed E-state index contributed by atoms with van der Waals surface area (Å²) in [5.41, 5.74) is 9.45. The minimum absolute atomic E-state index is 0.0444. The molecule has 39 heavy (non-hydrogen) atoms. The Kier molecular flexibility index (Phi) is 15.5. The van der Waals surface area contributed by atoms with Crippen LogP contribution in [-0.4, -0.2) is 56.2 Å². The van der Waals surface area contributed by atoms with Crippen molar-refractivity contribution in [1.82, 2.24) is 14.9 Å². The number of hydrogen-bond acceptors (Lipinski definition) is 11. The standard InChI is InChI=1S/C14H16O2S2.C13H20N4O2S2/c1-2-11-3-5-12(6-4-11)10-16-14(15)9-13-7-8-17-18-13;1-9(12(4-5-18)21-20-3)17(8-19)7-11-6-15-10(2)16-13(11)14/h2-6,13H,1,7-10H2;6,8,18H,4-5,7H2,1-3H3,(H2,14,15,16)/b;12-9-. The third-order valence-electron chi connectivity index (χ3n) is 5.58. The number of aliphatic hydroxyl groups is 1. The maximum Gasteiger partial charge on any atom is 0.307 e. The number of carbonyl (C=O) groups excluding carboxylic acids is 2. The van der Waals surface area contributed by atoms with E-state index in [1.807, 2.05) is 48.2 Å².